The van der Waals surface area contributed by atoms with E-state index in [1.54, 1.807) is 6.07 Å². The summed E-state index contributed by atoms with van der Waals surface area (Å²) >= 11 is 0. The van der Waals surface area contributed by atoms with Crippen LogP contribution in [-0.2, 0) is 0 Å². The number of rotatable bonds is 4. The minimum atomic E-state index is -1.90. The summed E-state index contributed by atoms with van der Waals surface area (Å²) in [5, 5.41) is 22.3. The van der Waals surface area contributed by atoms with Crippen LogP contribution in [0, 0.1) is 13.8 Å². The van der Waals surface area contributed by atoms with Crippen molar-refractivity contribution < 1.29 is 19.2 Å². The van der Waals surface area contributed by atoms with Gasteiger partial charge in [-0.15, -0.1) is 0 Å². The van der Waals surface area contributed by atoms with Crippen LogP contribution in [0.5, 0.6) is 5.75 Å². The van der Waals surface area contributed by atoms with E-state index in [9.17, 15) is 10.0 Å². The first-order valence-electron chi connectivity index (χ1n) is 7.52. The molecule has 4 rings (SSSR count). The lowest BCUT2D eigenvalue weighted by Crippen LogP contribution is -2.20. The van der Waals surface area contributed by atoms with Crippen LogP contribution < -0.4 is 4.65 Å². The lowest BCUT2D eigenvalue weighted by atomic mass is 10.0. The number of imidazole rings is 1. The number of fused-ring (bicyclic) bond motifs is 1. The number of aryl methyl sites for hydroxylation is 2. The third-order valence-electron chi connectivity index (χ3n) is 4.09. The molecule has 7 nitrogen and oxygen atoms in total. The van der Waals surface area contributed by atoms with Gasteiger partial charge >= 0.3 is 7.32 Å². The number of hydrogen-bond donors (Lipinski definition) is 3. The molecule has 0 unspecified atom stereocenters. The second kappa shape index (κ2) is 5.11. The van der Waals surface area contributed by atoms with Crippen molar-refractivity contribution >= 4 is 18.4 Å². The number of benzene rings is 1. The molecule has 1 aliphatic carbocycles. The van der Waals surface area contributed by atoms with Crippen molar-refractivity contribution in [3.8, 4) is 16.9 Å². The summed E-state index contributed by atoms with van der Waals surface area (Å²) in [7, 11) is -1.90. The zero-order valence-electron chi connectivity index (χ0n) is 12.8. The zero-order chi connectivity index (χ0) is 16.1. The summed E-state index contributed by atoms with van der Waals surface area (Å²) in [6, 6.07) is 3.68. The van der Waals surface area contributed by atoms with E-state index in [1.165, 1.54) is 0 Å². The van der Waals surface area contributed by atoms with E-state index in [4.69, 9.17) is 9.18 Å². The molecule has 118 valence electrons. The van der Waals surface area contributed by atoms with Crippen LogP contribution in [-0.4, -0.2) is 32.5 Å². The zero-order valence-corrected chi connectivity index (χ0v) is 12.8. The molecule has 0 aliphatic heterocycles. The highest BCUT2D eigenvalue weighted by Crippen LogP contribution is 2.41. The van der Waals surface area contributed by atoms with E-state index in [1.807, 2.05) is 19.9 Å². The average Bonchev–Trinajstić information content (AvgIpc) is 3.16. The minimum absolute atomic E-state index is 0.315. The van der Waals surface area contributed by atoms with Crippen LogP contribution in [0.2, 0.25) is 0 Å². The first kappa shape index (κ1) is 14.3. The molecule has 1 aromatic carbocycles. The van der Waals surface area contributed by atoms with E-state index in [-0.39, 0.29) is 0 Å². The Morgan fingerprint density at radius 2 is 2.09 bits per heavy atom. The summed E-state index contributed by atoms with van der Waals surface area (Å²) in [4.78, 5) is 7.86. The minimum Gasteiger partial charge on any atom is -0.510 e. The molecule has 0 saturated heterocycles. The highest BCUT2D eigenvalue weighted by molar-refractivity contribution is 6.34. The molecule has 0 amide bonds. The van der Waals surface area contributed by atoms with Gasteiger partial charge < -0.3 is 24.2 Å². The topological polar surface area (TPSA) is 104 Å². The molecule has 8 heteroatoms. The van der Waals surface area contributed by atoms with Crippen molar-refractivity contribution in [1.29, 1.82) is 0 Å². The van der Waals surface area contributed by atoms with E-state index in [0.717, 1.165) is 41.0 Å². The molecule has 0 spiro atoms. The Morgan fingerprint density at radius 1 is 1.30 bits per heavy atom. The molecule has 1 aliphatic rings. The van der Waals surface area contributed by atoms with E-state index < -0.39 is 7.32 Å². The first-order chi connectivity index (χ1) is 11.0. The molecule has 23 heavy (non-hydrogen) atoms. The fraction of sp³-hybridized carbons (Fsp3) is 0.333. The Hall–Kier alpha value is -2.32. The largest absolute Gasteiger partial charge is 0.707 e. The predicted octanol–water partition coefficient (Wildman–Crippen LogP) is 2.06. The number of H-pyrrole nitrogens is 1. The van der Waals surface area contributed by atoms with Crippen molar-refractivity contribution in [3.63, 3.8) is 0 Å². The fourth-order valence-corrected chi connectivity index (χ4v) is 2.90. The summed E-state index contributed by atoms with van der Waals surface area (Å²) < 4.78 is 10.4. The Bertz CT molecular complexity index is 863. The molecule has 0 radical (unpaired) electrons. The Kier molecular flexibility index (Phi) is 3.17. The maximum absolute atomic E-state index is 9.19. The van der Waals surface area contributed by atoms with Gasteiger partial charge in [0.25, 0.3) is 0 Å². The Balaban J connectivity index is 1.91. The molecule has 1 saturated carbocycles. The quantitative estimate of drug-likeness (QED) is 0.637. The molecule has 1 fully saturated rings. The monoisotopic (exact) mass is 313 g/mol. The fourth-order valence-electron chi connectivity index (χ4n) is 2.90. The van der Waals surface area contributed by atoms with Gasteiger partial charge in [0.15, 0.2) is 0 Å². The normalized spacial score (nSPS) is 14.4. The average molecular weight is 313 g/mol. The van der Waals surface area contributed by atoms with Gasteiger partial charge in [0.2, 0.25) is 0 Å². The number of nitrogens with zero attached hydrogens (tertiary/aromatic N) is 2. The molecule has 2 aromatic heterocycles. The number of aromatic nitrogens is 3. The Morgan fingerprint density at radius 3 is 2.70 bits per heavy atom. The molecular formula is C15H16BN3O4. The van der Waals surface area contributed by atoms with Crippen molar-refractivity contribution in [2.24, 2.45) is 0 Å². The van der Waals surface area contributed by atoms with Crippen molar-refractivity contribution in [3.05, 3.63) is 29.4 Å². The van der Waals surface area contributed by atoms with Gasteiger partial charge in [-0.05, 0) is 44.4 Å². The second-order valence-corrected chi connectivity index (χ2v) is 5.91. The van der Waals surface area contributed by atoms with Crippen LogP contribution in [0.25, 0.3) is 22.2 Å². The maximum Gasteiger partial charge on any atom is 0.707 e. The summed E-state index contributed by atoms with van der Waals surface area (Å²) in [6.07, 6.45) is 2.24. The number of hydrogen-bond acceptors (Lipinski definition) is 6. The number of nitrogens with one attached hydrogen (secondary N) is 1. The SMILES string of the molecule is Cc1noc(C)c1-c1cc(OB(O)O)c2nc(C3CC3)[nH]c2c1. The third kappa shape index (κ3) is 2.49. The highest BCUT2D eigenvalue weighted by atomic mass is 16.6. The molecule has 3 aromatic rings. The standard InChI is InChI=1S/C15H16BN3O4/c1-7-13(8(2)23-19-7)10-5-11-14(12(6-10)22-16(20)21)18-15(17-11)9-3-4-9/h5-6,9,20-21H,3-4H2,1-2H3,(H,17,18). The lowest BCUT2D eigenvalue weighted by molar-refractivity contribution is 0.289. The van der Waals surface area contributed by atoms with Crippen molar-refractivity contribution in [2.45, 2.75) is 32.6 Å². The summed E-state index contributed by atoms with van der Waals surface area (Å²) in [5.41, 5.74) is 3.84. The lowest BCUT2D eigenvalue weighted by Gasteiger charge is -2.08. The smallest absolute Gasteiger partial charge is 0.510 e. The van der Waals surface area contributed by atoms with Crippen molar-refractivity contribution in [2.75, 3.05) is 0 Å². The predicted molar refractivity (Wildman–Crippen MR) is 83.9 cm³/mol. The molecular weight excluding hydrogens is 297 g/mol. The molecule has 2 heterocycles. The summed E-state index contributed by atoms with van der Waals surface area (Å²) in [5.74, 6) is 2.37. The van der Waals surface area contributed by atoms with Gasteiger partial charge in [-0.1, -0.05) is 5.16 Å². The molecule has 0 atom stereocenters. The van der Waals surface area contributed by atoms with Gasteiger partial charge in [0.1, 0.15) is 22.9 Å². The van der Waals surface area contributed by atoms with Crippen LogP contribution in [0.3, 0.4) is 0 Å². The van der Waals surface area contributed by atoms with E-state index in [2.05, 4.69) is 15.1 Å². The van der Waals surface area contributed by atoms with E-state index >= 15 is 0 Å². The first-order valence-corrected chi connectivity index (χ1v) is 7.52. The van der Waals surface area contributed by atoms with E-state index in [0.29, 0.717) is 22.9 Å². The third-order valence-corrected chi connectivity index (χ3v) is 4.09. The second-order valence-electron chi connectivity index (χ2n) is 5.91. The maximum atomic E-state index is 9.19. The molecule has 3 N–H and O–H groups in total. The Labute approximate surface area is 132 Å². The number of aromatic amines is 1. The van der Waals surface area contributed by atoms with Gasteiger partial charge in [-0.2, -0.15) is 0 Å². The van der Waals surface area contributed by atoms with Gasteiger partial charge in [-0.3, -0.25) is 0 Å². The van der Waals surface area contributed by atoms with Gasteiger partial charge in [0.05, 0.1) is 11.2 Å². The molecule has 0 bridgehead atoms. The van der Waals surface area contributed by atoms with Crippen molar-refractivity contribution in [1.82, 2.24) is 15.1 Å². The van der Waals surface area contributed by atoms with Gasteiger partial charge in [-0.25, -0.2) is 4.98 Å². The van der Waals surface area contributed by atoms with Crippen LogP contribution in [0.15, 0.2) is 16.7 Å². The van der Waals surface area contributed by atoms with Crippen LogP contribution in [0.1, 0.15) is 36.0 Å². The summed E-state index contributed by atoms with van der Waals surface area (Å²) in [6.45, 7) is 3.70. The van der Waals surface area contributed by atoms with Crippen LogP contribution >= 0.6 is 0 Å². The van der Waals surface area contributed by atoms with Crippen LogP contribution in [0.4, 0.5) is 0 Å². The van der Waals surface area contributed by atoms with Gasteiger partial charge in [0, 0.05) is 11.5 Å². The highest BCUT2D eigenvalue weighted by Gasteiger charge is 2.28.